The maximum Gasteiger partial charge on any atom is 0.191 e. The molecule has 0 spiro atoms. The number of thioether (sulfide) groups is 1. The van der Waals surface area contributed by atoms with Gasteiger partial charge in [-0.15, -0.1) is 0 Å². The van der Waals surface area contributed by atoms with Crippen molar-refractivity contribution in [1.82, 2.24) is 15.5 Å². The molecule has 0 saturated carbocycles. The molecule has 2 N–H and O–H groups in total. The number of hydrogen-bond donors (Lipinski definition) is 2. The van der Waals surface area contributed by atoms with Gasteiger partial charge in [0.25, 0.3) is 0 Å². The Labute approximate surface area is 146 Å². The van der Waals surface area contributed by atoms with Crippen LogP contribution in [0.5, 0.6) is 0 Å². The van der Waals surface area contributed by atoms with Crippen LogP contribution in [-0.4, -0.2) is 50.1 Å². The molecule has 1 rings (SSSR count). The van der Waals surface area contributed by atoms with Crippen LogP contribution in [-0.2, 0) is 13.1 Å². The summed E-state index contributed by atoms with van der Waals surface area (Å²) in [5, 5.41) is 6.77. The minimum absolute atomic E-state index is 0.800. The average molecular weight is 337 g/mol. The molecule has 0 fully saturated rings. The van der Waals surface area contributed by atoms with Crippen LogP contribution < -0.4 is 10.6 Å². The second-order valence-electron chi connectivity index (χ2n) is 5.70. The maximum atomic E-state index is 4.29. The summed E-state index contributed by atoms with van der Waals surface area (Å²) in [7, 11) is 3.97. The predicted octanol–water partition coefficient (Wildman–Crippen LogP) is 2.95. The van der Waals surface area contributed by atoms with Crippen molar-refractivity contribution in [3.8, 4) is 0 Å². The zero-order valence-electron chi connectivity index (χ0n) is 15.1. The van der Waals surface area contributed by atoms with Gasteiger partial charge in [-0.1, -0.05) is 31.2 Å². The molecule has 1 aromatic rings. The lowest BCUT2D eigenvalue weighted by atomic mass is 10.1. The summed E-state index contributed by atoms with van der Waals surface area (Å²) < 4.78 is 0. The van der Waals surface area contributed by atoms with E-state index in [9.17, 15) is 0 Å². The van der Waals surface area contributed by atoms with Crippen LogP contribution in [0.4, 0.5) is 0 Å². The van der Waals surface area contributed by atoms with E-state index in [0.29, 0.717) is 0 Å². The number of unbranched alkanes of at least 4 members (excludes halogenated alkanes) is 1. The number of nitrogens with one attached hydrogen (secondary N) is 2. The number of benzene rings is 1. The molecule has 0 aliphatic rings. The largest absolute Gasteiger partial charge is 0.356 e. The third kappa shape index (κ3) is 8.86. The van der Waals surface area contributed by atoms with Crippen LogP contribution in [0, 0.1) is 0 Å². The molecular formula is C18H32N4S. The van der Waals surface area contributed by atoms with Crippen molar-refractivity contribution in [3.63, 3.8) is 0 Å². The molecule has 0 unspecified atom stereocenters. The second-order valence-corrected chi connectivity index (χ2v) is 6.69. The molecular weight excluding hydrogens is 304 g/mol. The van der Waals surface area contributed by atoms with E-state index in [0.717, 1.165) is 32.1 Å². The molecule has 0 amide bonds. The highest BCUT2D eigenvalue weighted by molar-refractivity contribution is 7.98. The first-order chi connectivity index (χ1) is 11.2. The fourth-order valence-corrected chi connectivity index (χ4v) is 2.74. The number of guanidine groups is 1. The van der Waals surface area contributed by atoms with Crippen LogP contribution in [0.25, 0.3) is 0 Å². The summed E-state index contributed by atoms with van der Waals surface area (Å²) in [6.07, 6.45) is 4.58. The first-order valence-corrected chi connectivity index (χ1v) is 9.78. The van der Waals surface area contributed by atoms with Crippen molar-refractivity contribution in [2.45, 2.75) is 32.9 Å². The van der Waals surface area contributed by atoms with Crippen LogP contribution >= 0.6 is 11.8 Å². The molecule has 0 aliphatic carbocycles. The van der Waals surface area contributed by atoms with Crippen molar-refractivity contribution < 1.29 is 0 Å². The van der Waals surface area contributed by atoms with Gasteiger partial charge in [0, 0.05) is 26.7 Å². The molecule has 1 aromatic carbocycles. The highest BCUT2D eigenvalue weighted by Crippen LogP contribution is 2.07. The van der Waals surface area contributed by atoms with Crippen LogP contribution in [0.15, 0.2) is 29.3 Å². The smallest absolute Gasteiger partial charge is 0.191 e. The number of aliphatic imine (C=N–C) groups is 1. The van der Waals surface area contributed by atoms with Crippen molar-refractivity contribution in [2.75, 3.05) is 39.2 Å². The molecule has 5 heteroatoms. The molecule has 23 heavy (non-hydrogen) atoms. The van der Waals surface area contributed by atoms with Gasteiger partial charge in [-0.25, -0.2) is 0 Å². The lowest BCUT2D eigenvalue weighted by Crippen LogP contribution is -2.37. The Morgan fingerprint density at radius 3 is 2.70 bits per heavy atom. The van der Waals surface area contributed by atoms with Crippen LogP contribution in [0.1, 0.15) is 30.9 Å². The van der Waals surface area contributed by atoms with E-state index >= 15 is 0 Å². The van der Waals surface area contributed by atoms with Crippen molar-refractivity contribution in [1.29, 1.82) is 0 Å². The summed E-state index contributed by atoms with van der Waals surface area (Å²) in [6, 6.07) is 8.75. The molecule has 130 valence electrons. The van der Waals surface area contributed by atoms with Crippen LogP contribution in [0.3, 0.4) is 0 Å². The minimum atomic E-state index is 0.800. The fourth-order valence-electron chi connectivity index (χ4n) is 2.25. The van der Waals surface area contributed by atoms with Gasteiger partial charge in [0.2, 0.25) is 0 Å². The molecule has 0 bridgehead atoms. The third-order valence-corrected chi connectivity index (χ3v) is 4.43. The summed E-state index contributed by atoms with van der Waals surface area (Å²) in [5.74, 6) is 2.11. The van der Waals surface area contributed by atoms with Crippen molar-refractivity contribution in [3.05, 3.63) is 35.4 Å². The molecule has 4 nitrogen and oxygen atoms in total. The van der Waals surface area contributed by atoms with Gasteiger partial charge in [-0.3, -0.25) is 4.99 Å². The monoisotopic (exact) mass is 336 g/mol. The van der Waals surface area contributed by atoms with Crippen molar-refractivity contribution >= 4 is 17.7 Å². The van der Waals surface area contributed by atoms with E-state index in [2.05, 4.69) is 65.0 Å². The topological polar surface area (TPSA) is 39.7 Å². The summed E-state index contributed by atoms with van der Waals surface area (Å²) >= 11 is 1.90. The highest BCUT2D eigenvalue weighted by atomic mass is 32.2. The van der Waals surface area contributed by atoms with E-state index in [1.54, 1.807) is 0 Å². The summed E-state index contributed by atoms with van der Waals surface area (Å²) in [4.78, 5) is 6.59. The van der Waals surface area contributed by atoms with Crippen molar-refractivity contribution in [2.24, 2.45) is 4.99 Å². The van der Waals surface area contributed by atoms with E-state index < -0.39 is 0 Å². The lowest BCUT2D eigenvalue weighted by Gasteiger charge is -2.15. The third-order valence-electron chi connectivity index (χ3n) is 3.73. The molecule has 0 radical (unpaired) electrons. The van der Waals surface area contributed by atoms with Crippen LogP contribution in [0.2, 0.25) is 0 Å². The Kier molecular flexibility index (Phi) is 10.6. The second kappa shape index (κ2) is 12.3. The molecule has 0 atom stereocenters. The van der Waals surface area contributed by atoms with E-state index in [1.165, 1.54) is 29.7 Å². The predicted molar refractivity (Wildman–Crippen MR) is 104 cm³/mol. The molecule has 0 saturated heterocycles. The highest BCUT2D eigenvalue weighted by Gasteiger charge is 2.01. The standard InChI is InChI=1S/C18H32N4S/c1-5-22(3)15-17-10-8-9-16(13-17)14-21-18(19-2)20-11-6-7-12-23-4/h8-10,13H,5-7,11-12,14-15H2,1-4H3,(H2,19,20,21). The Hall–Kier alpha value is -1.20. The Morgan fingerprint density at radius 1 is 1.22 bits per heavy atom. The molecule has 0 heterocycles. The quantitative estimate of drug-likeness (QED) is 0.391. The maximum absolute atomic E-state index is 4.29. The van der Waals surface area contributed by atoms with E-state index in [4.69, 9.17) is 0 Å². The van der Waals surface area contributed by atoms with Gasteiger partial charge in [0.15, 0.2) is 5.96 Å². The first kappa shape index (κ1) is 19.8. The van der Waals surface area contributed by atoms with Gasteiger partial charge in [0.1, 0.15) is 0 Å². The first-order valence-electron chi connectivity index (χ1n) is 8.39. The minimum Gasteiger partial charge on any atom is -0.356 e. The Bertz CT molecular complexity index is 462. The number of nitrogens with zero attached hydrogens (tertiary/aromatic N) is 2. The Balaban J connectivity index is 2.38. The van der Waals surface area contributed by atoms with E-state index in [1.807, 2.05) is 18.8 Å². The lowest BCUT2D eigenvalue weighted by molar-refractivity contribution is 0.345. The zero-order valence-corrected chi connectivity index (χ0v) is 15.9. The molecule has 0 aromatic heterocycles. The normalized spacial score (nSPS) is 11.8. The Morgan fingerprint density at radius 2 is 2.00 bits per heavy atom. The number of hydrogen-bond acceptors (Lipinski definition) is 3. The summed E-state index contributed by atoms with van der Waals surface area (Å²) in [6.45, 7) is 6.01. The fraction of sp³-hybridized carbons (Fsp3) is 0.611. The number of rotatable bonds is 10. The zero-order chi connectivity index (χ0) is 16.9. The van der Waals surface area contributed by atoms with Gasteiger partial charge >= 0.3 is 0 Å². The molecule has 0 aliphatic heterocycles. The van der Waals surface area contributed by atoms with Gasteiger partial charge < -0.3 is 15.5 Å². The van der Waals surface area contributed by atoms with E-state index in [-0.39, 0.29) is 0 Å². The summed E-state index contributed by atoms with van der Waals surface area (Å²) in [5.41, 5.74) is 2.64. The SMILES string of the molecule is CCN(C)Cc1cccc(CNC(=NC)NCCCCSC)c1. The van der Waals surface area contributed by atoms with Gasteiger partial charge in [0.05, 0.1) is 0 Å². The van der Waals surface area contributed by atoms with Gasteiger partial charge in [-0.2, -0.15) is 11.8 Å². The average Bonchev–Trinajstić information content (AvgIpc) is 2.57. The van der Waals surface area contributed by atoms with Gasteiger partial charge in [-0.05, 0) is 49.6 Å².